The number of fused-ring (bicyclic) bond motifs is 1. The van der Waals surface area contributed by atoms with E-state index in [1.165, 1.54) is 20.0 Å². The van der Waals surface area contributed by atoms with Gasteiger partial charge in [-0.2, -0.15) is 0 Å². The average molecular weight is 422 g/mol. The third kappa shape index (κ3) is 4.81. The lowest BCUT2D eigenvalue weighted by Gasteiger charge is -2.23. The number of pyridine rings is 1. The summed E-state index contributed by atoms with van der Waals surface area (Å²) in [5.41, 5.74) is 3.17. The molecule has 1 aliphatic rings. The standard InChI is InChI=1S/C24H31N5O2/c1-4-14-28(16-17-6-7-17)21-13-12-20-22(27-21)29(15-5-2)24(26-20)25-19-10-8-18(9-11-19)23(30)31-3/h8-13,17H,4-7,14-16H2,1-3H3,(H,25,26). The van der Waals surface area contributed by atoms with E-state index in [1.54, 1.807) is 12.1 Å². The van der Waals surface area contributed by atoms with Crippen LogP contribution < -0.4 is 10.2 Å². The summed E-state index contributed by atoms with van der Waals surface area (Å²) in [5.74, 6) is 2.27. The number of nitrogens with one attached hydrogen (secondary N) is 1. The Morgan fingerprint density at radius 3 is 2.55 bits per heavy atom. The summed E-state index contributed by atoms with van der Waals surface area (Å²) in [6.07, 6.45) is 4.75. The summed E-state index contributed by atoms with van der Waals surface area (Å²) in [5, 5.41) is 3.39. The molecule has 164 valence electrons. The number of anilines is 3. The molecule has 0 spiro atoms. The van der Waals surface area contributed by atoms with E-state index in [1.807, 2.05) is 12.1 Å². The highest BCUT2D eigenvalue weighted by Crippen LogP contribution is 2.32. The summed E-state index contributed by atoms with van der Waals surface area (Å²) in [6.45, 7) is 7.31. The lowest BCUT2D eigenvalue weighted by atomic mass is 10.2. The van der Waals surface area contributed by atoms with Crippen LogP contribution in [0.3, 0.4) is 0 Å². The number of nitrogens with zero attached hydrogens (tertiary/aromatic N) is 4. The molecule has 0 radical (unpaired) electrons. The first-order valence-corrected chi connectivity index (χ1v) is 11.2. The van der Waals surface area contributed by atoms with Gasteiger partial charge in [0.25, 0.3) is 0 Å². The van der Waals surface area contributed by atoms with Crippen LogP contribution in [-0.4, -0.2) is 40.7 Å². The monoisotopic (exact) mass is 421 g/mol. The number of esters is 1. The maximum atomic E-state index is 11.7. The van der Waals surface area contributed by atoms with E-state index in [2.05, 4.69) is 40.8 Å². The van der Waals surface area contributed by atoms with Crippen LogP contribution in [0.4, 0.5) is 17.5 Å². The van der Waals surface area contributed by atoms with Gasteiger partial charge in [0, 0.05) is 25.3 Å². The molecule has 1 aliphatic carbocycles. The van der Waals surface area contributed by atoms with E-state index in [9.17, 15) is 4.79 Å². The van der Waals surface area contributed by atoms with Crippen molar-refractivity contribution in [2.45, 2.75) is 46.1 Å². The number of aryl methyl sites for hydroxylation is 1. The van der Waals surface area contributed by atoms with Crippen LogP contribution >= 0.6 is 0 Å². The van der Waals surface area contributed by atoms with Crippen molar-refractivity contribution in [1.29, 1.82) is 0 Å². The second kappa shape index (κ2) is 9.37. The summed E-state index contributed by atoms with van der Waals surface area (Å²) in [4.78, 5) is 23.9. The number of carbonyl (C=O) groups is 1. The zero-order valence-electron chi connectivity index (χ0n) is 18.6. The molecule has 2 aromatic heterocycles. The van der Waals surface area contributed by atoms with Crippen molar-refractivity contribution >= 4 is 34.6 Å². The van der Waals surface area contributed by atoms with E-state index >= 15 is 0 Å². The van der Waals surface area contributed by atoms with Gasteiger partial charge in [0.15, 0.2) is 5.65 Å². The Morgan fingerprint density at radius 2 is 1.90 bits per heavy atom. The van der Waals surface area contributed by atoms with Crippen molar-refractivity contribution in [1.82, 2.24) is 14.5 Å². The van der Waals surface area contributed by atoms with Gasteiger partial charge in [-0.15, -0.1) is 0 Å². The minimum Gasteiger partial charge on any atom is -0.465 e. The van der Waals surface area contributed by atoms with Crippen LogP contribution in [0, 0.1) is 5.92 Å². The molecule has 0 aliphatic heterocycles. The van der Waals surface area contributed by atoms with Crippen molar-refractivity contribution in [3.8, 4) is 0 Å². The molecular formula is C24H31N5O2. The number of imidazole rings is 1. The van der Waals surface area contributed by atoms with Gasteiger partial charge in [0.2, 0.25) is 5.95 Å². The molecule has 31 heavy (non-hydrogen) atoms. The Hall–Kier alpha value is -3.09. The Bertz CT molecular complexity index is 1040. The molecule has 0 saturated heterocycles. The Morgan fingerprint density at radius 1 is 1.13 bits per heavy atom. The minimum absolute atomic E-state index is 0.343. The predicted octanol–water partition coefficient (Wildman–Crippen LogP) is 5.00. The first-order chi connectivity index (χ1) is 15.1. The first-order valence-electron chi connectivity index (χ1n) is 11.2. The fraction of sp³-hybridized carbons (Fsp3) is 0.458. The zero-order chi connectivity index (χ0) is 21.8. The predicted molar refractivity (Wildman–Crippen MR) is 124 cm³/mol. The quantitative estimate of drug-likeness (QED) is 0.465. The van der Waals surface area contributed by atoms with Crippen molar-refractivity contribution in [2.24, 2.45) is 5.92 Å². The van der Waals surface area contributed by atoms with Crippen molar-refractivity contribution in [3.05, 3.63) is 42.0 Å². The second-order valence-electron chi connectivity index (χ2n) is 8.18. The normalized spacial score (nSPS) is 13.4. The highest BCUT2D eigenvalue weighted by atomic mass is 16.5. The molecule has 0 bridgehead atoms. The molecule has 1 fully saturated rings. The number of rotatable bonds is 10. The molecule has 4 rings (SSSR count). The van der Waals surface area contributed by atoms with Crippen LogP contribution in [0.15, 0.2) is 36.4 Å². The lowest BCUT2D eigenvalue weighted by Crippen LogP contribution is -2.27. The molecular weight excluding hydrogens is 390 g/mol. The number of ether oxygens (including phenoxy) is 1. The van der Waals surface area contributed by atoms with E-state index < -0.39 is 0 Å². The Kier molecular flexibility index (Phi) is 6.39. The molecule has 0 amide bonds. The van der Waals surface area contributed by atoms with Gasteiger partial charge in [-0.1, -0.05) is 13.8 Å². The Labute approximate surface area is 183 Å². The van der Waals surface area contributed by atoms with Crippen LogP contribution in [0.5, 0.6) is 0 Å². The first kappa shape index (κ1) is 21.2. The number of methoxy groups -OCH3 is 1. The van der Waals surface area contributed by atoms with Gasteiger partial charge in [-0.25, -0.2) is 14.8 Å². The van der Waals surface area contributed by atoms with Crippen molar-refractivity contribution in [2.75, 3.05) is 30.4 Å². The minimum atomic E-state index is -0.343. The fourth-order valence-electron chi connectivity index (χ4n) is 3.82. The number of benzene rings is 1. The summed E-state index contributed by atoms with van der Waals surface area (Å²) in [6, 6.07) is 11.4. The number of aromatic nitrogens is 3. The smallest absolute Gasteiger partial charge is 0.337 e. The van der Waals surface area contributed by atoms with Crippen molar-refractivity contribution < 1.29 is 9.53 Å². The van der Waals surface area contributed by atoms with Gasteiger partial charge < -0.3 is 15.0 Å². The maximum Gasteiger partial charge on any atom is 0.337 e. The van der Waals surface area contributed by atoms with E-state index in [0.717, 1.165) is 67.0 Å². The summed E-state index contributed by atoms with van der Waals surface area (Å²) in [7, 11) is 1.38. The average Bonchev–Trinajstić information content (AvgIpc) is 3.55. The van der Waals surface area contributed by atoms with Crippen LogP contribution in [-0.2, 0) is 11.3 Å². The molecule has 3 aromatic rings. The summed E-state index contributed by atoms with van der Waals surface area (Å²) < 4.78 is 6.92. The number of hydrogen-bond donors (Lipinski definition) is 1. The van der Waals surface area contributed by atoms with Gasteiger partial charge in [-0.05, 0) is 68.0 Å². The third-order valence-corrected chi connectivity index (χ3v) is 5.58. The Balaban J connectivity index is 1.63. The van der Waals surface area contributed by atoms with Gasteiger partial charge >= 0.3 is 5.97 Å². The van der Waals surface area contributed by atoms with Crippen LogP contribution in [0.2, 0.25) is 0 Å². The fourth-order valence-corrected chi connectivity index (χ4v) is 3.82. The topological polar surface area (TPSA) is 72.3 Å². The molecule has 7 nitrogen and oxygen atoms in total. The zero-order valence-corrected chi connectivity index (χ0v) is 18.6. The maximum absolute atomic E-state index is 11.7. The summed E-state index contributed by atoms with van der Waals surface area (Å²) >= 11 is 0. The lowest BCUT2D eigenvalue weighted by molar-refractivity contribution is 0.0601. The van der Waals surface area contributed by atoms with Crippen molar-refractivity contribution in [3.63, 3.8) is 0 Å². The molecule has 0 atom stereocenters. The second-order valence-corrected chi connectivity index (χ2v) is 8.18. The molecule has 2 heterocycles. The molecule has 1 N–H and O–H groups in total. The van der Waals surface area contributed by atoms with E-state index in [0.29, 0.717) is 5.56 Å². The molecule has 0 unspecified atom stereocenters. The molecule has 7 heteroatoms. The number of carbonyl (C=O) groups excluding carboxylic acids is 1. The van der Waals surface area contributed by atoms with Gasteiger partial charge in [-0.3, -0.25) is 4.57 Å². The van der Waals surface area contributed by atoms with Gasteiger partial charge in [0.05, 0.1) is 12.7 Å². The highest BCUT2D eigenvalue weighted by molar-refractivity contribution is 5.89. The SMILES string of the molecule is CCCN(CC1CC1)c1ccc2nc(Nc3ccc(C(=O)OC)cc3)n(CCC)c2n1. The van der Waals surface area contributed by atoms with E-state index in [-0.39, 0.29) is 5.97 Å². The molecule has 1 aromatic carbocycles. The van der Waals surface area contributed by atoms with E-state index in [4.69, 9.17) is 14.7 Å². The third-order valence-electron chi connectivity index (χ3n) is 5.58. The molecule has 1 saturated carbocycles. The van der Waals surface area contributed by atoms with Crippen LogP contribution in [0.25, 0.3) is 11.2 Å². The van der Waals surface area contributed by atoms with Gasteiger partial charge in [0.1, 0.15) is 11.3 Å². The highest BCUT2D eigenvalue weighted by Gasteiger charge is 2.25. The number of hydrogen-bond acceptors (Lipinski definition) is 6. The largest absolute Gasteiger partial charge is 0.465 e. The van der Waals surface area contributed by atoms with Crippen LogP contribution in [0.1, 0.15) is 49.9 Å².